The van der Waals surface area contributed by atoms with Crippen molar-refractivity contribution < 1.29 is 0 Å². The number of rotatable bonds is 0. The molecule has 1 heterocycles. The quantitative estimate of drug-likeness (QED) is 0.419. The predicted molar refractivity (Wildman–Crippen MR) is 36.6 cm³/mol. The molecule has 5 heteroatoms. The molecule has 0 bridgehead atoms. The number of hydrogen-bond acceptors (Lipinski definition) is 4. The fourth-order valence-electron chi connectivity index (χ4n) is 0.167. The van der Waals surface area contributed by atoms with Gasteiger partial charge in [-0.2, -0.15) is 5.10 Å². The Bertz CT molecular complexity index is 65.4. The average Bonchev–Trinajstić information content (AvgIpc) is 2.51. The van der Waals surface area contributed by atoms with Gasteiger partial charge in [0.1, 0.15) is 12.7 Å². The van der Waals surface area contributed by atoms with Crippen LogP contribution in [0.4, 0.5) is 0 Å². The van der Waals surface area contributed by atoms with Gasteiger partial charge in [-0.15, -0.1) is 0 Å². The molecule has 5 N–H and O–H groups in total. The van der Waals surface area contributed by atoms with Gasteiger partial charge in [-0.05, 0) is 14.1 Å². The molecule has 1 aromatic rings. The Morgan fingerprint density at radius 1 is 1.22 bits per heavy atom. The molecule has 1 rings (SSSR count). The highest BCUT2D eigenvalue weighted by Gasteiger charge is 1.57. The van der Waals surface area contributed by atoms with E-state index >= 15 is 0 Å². The molecule has 0 atom stereocenters. The molecule has 0 saturated carbocycles. The van der Waals surface area contributed by atoms with E-state index in [1.54, 1.807) is 0 Å². The number of hydrogen-bond donors (Lipinski definition) is 3. The second-order valence-corrected chi connectivity index (χ2v) is 0.652. The number of H-pyrrole nitrogens is 1. The van der Waals surface area contributed by atoms with Crippen molar-refractivity contribution >= 4 is 0 Å². The summed E-state index contributed by atoms with van der Waals surface area (Å²) in [5, 5.41) is 5.99. The van der Waals surface area contributed by atoms with E-state index in [1.165, 1.54) is 26.7 Å². The van der Waals surface area contributed by atoms with Gasteiger partial charge in [0.2, 0.25) is 0 Å². The molecule has 0 aliphatic carbocycles. The van der Waals surface area contributed by atoms with E-state index in [0.29, 0.717) is 0 Å². The van der Waals surface area contributed by atoms with E-state index in [1.807, 2.05) is 0 Å². The summed E-state index contributed by atoms with van der Waals surface area (Å²) in [5.41, 5.74) is 9.00. The fraction of sp³-hybridized carbons (Fsp3) is 0.500. The van der Waals surface area contributed by atoms with Gasteiger partial charge in [0.25, 0.3) is 0 Å². The summed E-state index contributed by atoms with van der Waals surface area (Å²) in [7, 11) is 3.00. The molecule has 5 nitrogen and oxygen atoms in total. The molecule has 0 unspecified atom stereocenters. The van der Waals surface area contributed by atoms with Crippen LogP contribution in [0.15, 0.2) is 12.7 Å². The Hall–Kier alpha value is -0.940. The van der Waals surface area contributed by atoms with E-state index in [2.05, 4.69) is 26.6 Å². The molecule has 0 aliphatic rings. The van der Waals surface area contributed by atoms with Crippen LogP contribution in [0.25, 0.3) is 0 Å². The van der Waals surface area contributed by atoms with Gasteiger partial charge in [0, 0.05) is 0 Å². The predicted octanol–water partition coefficient (Wildman–Crippen LogP) is -1.05. The lowest BCUT2D eigenvalue weighted by Gasteiger charge is -1.46. The SMILES string of the molecule is CN.CN.c1nc[nH]n1. The standard InChI is InChI=1S/C2H3N3.2CH5N/c1-3-2-5-4-1;2*1-2/h1-2H,(H,3,4,5);2*2H2,1H3. The molecular weight excluding hydrogens is 118 g/mol. The number of aromatic nitrogens is 3. The summed E-state index contributed by atoms with van der Waals surface area (Å²) >= 11 is 0. The van der Waals surface area contributed by atoms with Crippen molar-refractivity contribution in [3.8, 4) is 0 Å². The minimum atomic E-state index is 1.44. The second kappa shape index (κ2) is 15.7. The third-order valence-electron chi connectivity index (χ3n) is 0.331. The molecule has 0 radical (unpaired) electrons. The molecule has 0 spiro atoms. The van der Waals surface area contributed by atoms with E-state index in [-0.39, 0.29) is 0 Å². The summed E-state index contributed by atoms with van der Waals surface area (Å²) in [6.07, 6.45) is 2.96. The summed E-state index contributed by atoms with van der Waals surface area (Å²) in [4.78, 5) is 3.56. The first-order valence-electron chi connectivity index (χ1n) is 2.44. The molecule has 0 aliphatic heterocycles. The van der Waals surface area contributed by atoms with Crippen molar-refractivity contribution in [1.82, 2.24) is 15.2 Å². The summed E-state index contributed by atoms with van der Waals surface area (Å²) in [6.45, 7) is 0. The van der Waals surface area contributed by atoms with Crippen molar-refractivity contribution in [1.29, 1.82) is 0 Å². The third-order valence-corrected chi connectivity index (χ3v) is 0.331. The van der Waals surface area contributed by atoms with E-state index < -0.39 is 0 Å². The highest BCUT2D eigenvalue weighted by atomic mass is 15.2. The van der Waals surface area contributed by atoms with Crippen molar-refractivity contribution in [3.05, 3.63) is 12.7 Å². The van der Waals surface area contributed by atoms with E-state index in [4.69, 9.17) is 0 Å². The van der Waals surface area contributed by atoms with Gasteiger partial charge in [0.05, 0.1) is 0 Å². The van der Waals surface area contributed by atoms with Crippen LogP contribution in [0.1, 0.15) is 0 Å². The van der Waals surface area contributed by atoms with Crippen LogP contribution < -0.4 is 11.5 Å². The van der Waals surface area contributed by atoms with Gasteiger partial charge >= 0.3 is 0 Å². The van der Waals surface area contributed by atoms with E-state index in [0.717, 1.165) is 0 Å². The van der Waals surface area contributed by atoms with Crippen LogP contribution in [-0.4, -0.2) is 29.3 Å². The third kappa shape index (κ3) is 11.0. The second-order valence-electron chi connectivity index (χ2n) is 0.652. The van der Waals surface area contributed by atoms with Gasteiger partial charge in [-0.25, -0.2) is 4.98 Å². The summed E-state index contributed by atoms with van der Waals surface area (Å²) in [5.74, 6) is 0. The molecular formula is C4H13N5. The number of nitrogens with zero attached hydrogens (tertiary/aromatic N) is 2. The maximum absolute atomic E-state index is 4.50. The zero-order valence-electron chi connectivity index (χ0n) is 5.70. The Kier molecular flexibility index (Phi) is 19.1. The van der Waals surface area contributed by atoms with Gasteiger partial charge < -0.3 is 11.5 Å². The zero-order chi connectivity index (χ0) is 7.54. The Labute approximate surface area is 54.5 Å². The first kappa shape index (κ1) is 10.9. The van der Waals surface area contributed by atoms with Crippen LogP contribution in [-0.2, 0) is 0 Å². The lowest BCUT2D eigenvalue weighted by atomic mass is 11.3. The maximum atomic E-state index is 4.50. The Balaban J connectivity index is 0. The largest absolute Gasteiger partial charge is 0.333 e. The highest BCUT2D eigenvalue weighted by molar-refractivity contribution is 4.43. The minimum absolute atomic E-state index is 1.44. The fourth-order valence-corrected chi connectivity index (χ4v) is 0.167. The van der Waals surface area contributed by atoms with Gasteiger partial charge in [-0.1, -0.05) is 0 Å². The van der Waals surface area contributed by atoms with Crippen molar-refractivity contribution in [2.24, 2.45) is 11.5 Å². The molecule has 54 valence electrons. The molecule has 0 fully saturated rings. The van der Waals surface area contributed by atoms with Crippen LogP contribution in [0.2, 0.25) is 0 Å². The van der Waals surface area contributed by atoms with Gasteiger partial charge in [0.15, 0.2) is 0 Å². The van der Waals surface area contributed by atoms with Crippen LogP contribution in [0, 0.1) is 0 Å². The zero-order valence-corrected chi connectivity index (χ0v) is 5.70. The lowest BCUT2D eigenvalue weighted by Crippen LogP contribution is -1.69. The monoisotopic (exact) mass is 131 g/mol. The first-order chi connectivity index (χ1) is 4.50. The van der Waals surface area contributed by atoms with Crippen LogP contribution in [0.5, 0.6) is 0 Å². The lowest BCUT2D eigenvalue weighted by molar-refractivity contribution is 1.09. The van der Waals surface area contributed by atoms with Crippen molar-refractivity contribution in [3.63, 3.8) is 0 Å². The van der Waals surface area contributed by atoms with Crippen LogP contribution in [0.3, 0.4) is 0 Å². The van der Waals surface area contributed by atoms with Crippen molar-refractivity contribution in [2.75, 3.05) is 14.1 Å². The molecule has 0 aromatic carbocycles. The van der Waals surface area contributed by atoms with Crippen LogP contribution >= 0.6 is 0 Å². The van der Waals surface area contributed by atoms with Crippen molar-refractivity contribution in [2.45, 2.75) is 0 Å². The van der Waals surface area contributed by atoms with E-state index in [9.17, 15) is 0 Å². The molecule has 0 saturated heterocycles. The number of nitrogens with one attached hydrogen (secondary N) is 1. The number of aromatic amines is 1. The normalized spacial score (nSPS) is 5.78. The molecule has 1 aromatic heterocycles. The Morgan fingerprint density at radius 3 is 1.89 bits per heavy atom. The minimum Gasteiger partial charge on any atom is -0.333 e. The maximum Gasteiger partial charge on any atom is 0.137 e. The first-order valence-corrected chi connectivity index (χ1v) is 2.44. The van der Waals surface area contributed by atoms with Gasteiger partial charge in [-0.3, -0.25) is 5.10 Å². The highest BCUT2D eigenvalue weighted by Crippen LogP contribution is 1.53. The molecule has 9 heavy (non-hydrogen) atoms. The number of nitrogens with two attached hydrogens (primary N) is 2. The summed E-state index contributed by atoms with van der Waals surface area (Å²) in [6, 6.07) is 0. The molecule has 0 amide bonds. The summed E-state index contributed by atoms with van der Waals surface area (Å²) < 4.78 is 0. The topological polar surface area (TPSA) is 93.6 Å². The smallest absolute Gasteiger partial charge is 0.137 e. The average molecular weight is 131 g/mol. The Morgan fingerprint density at radius 2 is 1.78 bits per heavy atom.